The third-order valence-corrected chi connectivity index (χ3v) is 6.09. The van der Waals surface area contributed by atoms with Gasteiger partial charge in [-0.25, -0.2) is 4.99 Å². The number of carbonyl (C=O) groups excluding carboxylic acids is 1. The third kappa shape index (κ3) is 7.33. The first-order valence-electron chi connectivity index (χ1n) is 10.4. The van der Waals surface area contributed by atoms with Crippen LogP contribution in [0.4, 0.5) is 5.69 Å². The maximum absolute atomic E-state index is 12.3. The number of ether oxygens (including phenoxy) is 1. The first-order valence-corrected chi connectivity index (χ1v) is 12.0. The normalized spacial score (nSPS) is 16.3. The van der Waals surface area contributed by atoms with Crippen LogP contribution in [-0.4, -0.2) is 17.7 Å². The van der Waals surface area contributed by atoms with Crippen LogP contribution in [0.1, 0.15) is 51.0 Å². The zero-order valence-electron chi connectivity index (χ0n) is 17.2. The zero-order chi connectivity index (χ0) is 21.2. The van der Waals surface area contributed by atoms with E-state index >= 15 is 0 Å². The molecule has 3 rings (SSSR count). The smallest absolute Gasteiger partial charge is 0.264 e. The Kier molecular flexibility index (Phi) is 9.02. The summed E-state index contributed by atoms with van der Waals surface area (Å²) >= 11 is 4.76. The van der Waals surface area contributed by atoms with Gasteiger partial charge in [-0.15, -0.1) is 0 Å². The molecule has 1 aliphatic rings. The van der Waals surface area contributed by atoms with Gasteiger partial charge in [0.15, 0.2) is 5.17 Å². The molecule has 0 spiro atoms. The minimum absolute atomic E-state index is 0.126. The molecule has 0 saturated carbocycles. The summed E-state index contributed by atoms with van der Waals surface area (Å²) < 4.78 is 6.82. The standard InChI is InChI=1S/C24H27BrN2O2S/c1-2-3-4-5-6-7-16-29-21-14-8-18(9-15-21)17-22-23(28)27-24(30-22)26-20-12-10-19(25)11-13-20/h8-15,17H,2-7,16H2,1H3,(H,26,27,28). The van der Waals surface area contributed by atoms with E-state index in [2.05, 4.69) is 33.2 Å². The first kappa shape index (κ1) is 22.6. The Balaban J connectivity index is 1.50. The Morgan fingerprint density at radius 1 is 1.00 bits per heavy atom. The molecule has 1 N–H and O–H groups in total. The minimum atomic E-state index is -0.126. The molecule has 1 amide bonds. The molecule has 0 aromatic heterocycles. The number of nitrogens with zero attached hydrogens (tertiary/aromatic N) is 1. The van der Waals surface area contributed by atoms with Gasteiger partial charge in [-0.2, -0.15) is 0 Å². The highest BCUT2D eigenvalue weighted by atomic mass is 79.9. The average Bonchev–Trinajstić information content (AvgIpc) is 3.09. The number of halogens is 1. The number of amidine groups is 1. The molecule has 2 aromatic rings. The first-order chi connectivity index (χ1) is 14.6. The summed E-state index contributed by atoms with van der Waals surface area (Å²) in [5.41, 5.74) is 1.76. The van der Waals surface area contributed by atoms with Gasteiger partial charge in [0.2, 0.25) is 0 Å². The topological polar surface area (TPSA) is 50.7 Å². The number of benzene rings is 2. The molecule has 1 fully saturated rings. The number of aliphatic imine (C=N–C) groups is 1. The van der Waals surface area contributed by atoms with E-state index in [4.69, 9.17) is 4.74 Å². The molecule has 1 saturated heterocycles. The van der Waals surface area contributed by atoms with Crippen LogP contribution in [0.25, 0.3) is 6.08 Å². The van der Waals surface area contributed by atoms with Gasteiger partial charge in [-0.05, 0) is 66.2 Å². The average molecular weight is 487 g/mol. The van der Waals surface area contributed by atoms with E-state index in [0.29, 0.717) is 10.1 Å². The fourth-order valence-corrected chi connectivity index (χ4v) is 4.10. The molecule has 0 aliphatic carbocycles. The van der Waals surface area contributed by atoms with Gasteiger partial charge in [0.1, 0.15) is 5.75 Å². The molecule has 0 bridgehead atoms. The lowest BCUT2D eigenvalue weighted by molar-refractivity contribution is -0.115. The summed E-state index contributed by atoms with van der Waals surface area (Å²) in [7, 11) is 0. The highest BCUT2D eigenvalue weighted by Crippen LogP contribution is 2.29. The number of unbranched alkanes of at least 4 members (excludes halogenated alkanes) is 5. The summed E-state index contributed by atoms with van der Waals surface area (Å²) in [4.78, 5) is 17.4. The van der Waals surface area contributed by atoms with Gasteiger partial charge in [0.05, 0.1) is 17.2 Å². The molecule has 0 radical (unpaired) electrons. The number of nitrogens with one attached hydrogen (secondary N) is 1. The van der Waals surface area contributed by atoms with Gasteiger partial charge in [0, 0.05) is 4.47 Å². The lowest BCUT2D eigenvalue weighted by Crippen LogP contribution is -2.19. The number of thioether (sulfide) groups is 1. The Hall–Kier alpha value is -2.05. The number of amides is 1. The van der Waals surface area contributed by atoms with Crippen molar-refractivity contribution in [2.75, 3.05) is 6.61 Å². The van der Waals surface area contributed by atoms with Crippen molar-refractivity contribution in [3.8, 4) is 5.75 Å². The summed E-state index contributed by atoms with van der Waals surface area (Å²) in [6.45, 7) is 2.98. The maximum atomic E-state index is 12.3. The Labute approximate surface area is 191 Å². The van der Waals surface area contributed by atoms with Crippen LogP contribution in [0, 0.1) is 0 Å². The molecule has 1 heterocycles. The highest BCUT2D eigenvalue weighted by Gasteiger charge is 2.23. The van der Waals surface area contributed by atoms with Crippen molar-refractivity contribution in [3.05, 3.63) is 63.5 Å². The molecule has 6 heteroatoms. The Morgan fingerprint density at radius 2 is 1.70 bits per heavy atom. The van der Waals surface area contributed by atoms with Crippen LogP contribution >= 0.6 is 27.7 Å². The number of hydrogen-bond acceptors (Lipinski definition) is 4. The summed E-state index contributed by atoms with van der Waals surface area (Å²) in [6.07, 6.45) is 9.40. The van der Waals surface area contributed by atoms with Crippen LogP contribution in [0.5, 0.6) is 5.75 Å². The van der Waals surface area contributed by atoms with Crippen LogP contribution in [0.3, 0.4) is 0 Å². The van der Waals surface area contributed by atoms with Crippen molar-refractivity contribution in [2.45, 2.75) is 45.4 Å². The summed E-state index contributed by atoms with van der Waals surface area (Å²) in [5, 5.41) is 3.41. The monoisotopic (exact) mass is 486 g/mol. The van der Waals surface area contributed by atoms with Crippen molar-refractivity contribution < 1.29 is 9.53 Å². The third-order valence-electron chi connectivity index (χ3n) is 4.65. The molecular weight excluding hydrogens is 460 g/mol. The number of carbonyl (C=O) groups is 1. The Morgan fingerprint density at radius 3 is 2.43 bits per heavy atom. The van der Waals surface area contributed by atoms with Gasteiger partial charge in [-0.3, -0.25) is 4.79 Å². The summed E-state index contributed by atoms with van der Waals surface area (Å²) in [5.74, 6) is 0.742. The van der Waals surface area contributed by atoms with E-state index in [0.717, 1.165) is 34.5 Å². The van der Waals surface area contributed by atoms with Gasteiger partial charge in [-0.1, -0.05) is 67.1 Å². The van der Waals surface area contributed by atoms with Crippen molar-refractivity contribution in [1.29, 1.82) is 0 Å². The van der Waals surface area contributed by atoms with E-state index < -0.39 is 0 Å². The quantitative estimate of drug-likeness (QED) is 0.288. The predicted octanol–water partition coefficient (Wildman–Crippen LogP) is 7.08. The fraction of sp³-hybridized carbons (Fsp3) is 0.333. The number of rotatable bonds is 10. The van der Waals surface area contributed by atoms with Crippen molar-refractivity contribution in [1.82, 2.24) is 5.32 Å². The van der Waals surface area contributed by atoms with Crippen molar-refractivity contribution in [3.63, 3.8) is 0 Å². The second kappa shape index (κ2) is 12.0. The Bertz CT molecular complexity index is 892. The lowest BCUT2D eigenvalue weighted by atomic mass is 10.1. The summed E-state index contributed by atoms with van der Waals surface area (Å²) in [6, 6.07) is 15.5. The second-order valence-corrected chi connectivity index (χ2v) is 9.09. The number of hydrogen-bond donors (Lipinski definition) is 1. The molecule has 1 aliphatic heterocycles. The van der Waals surface area contributed by atoms with Crippen LogP contribution < -0.4 is 10.1 Å². The van der Waals surface area contributed by atoms with E-state index in [-0.39, 0.29) is 5.91 Å². The predicted molar refractivity (Wildman–Crippen MR) is 130 cm³/mol. The molecule has 158 valence electrons. The lowest BCUT2D eigenvalue weighted by Gasteiger charge is -2.06. The molecule has 0 unspecified atom stereocenters. The molecular formula is C24H27BrN2O2S. The zero-order valence-corrected chi connectivity index (χ0v) is 19.6. The molecule has 30 heavy (non-hydrogen) atoms. The highest BCUT2D eigenvalue weighted by molar-refractivity contribution is 9.10. The molecule has 4 nitrogen and oxygen atoms in total. The van der Waals surface area contributed by atoms with Crippen LogP contribution in [-0.2, 0) is 4.79 Å². The van der Waals surface area contributed by atoms with Crippen molar-refractivity contribution in [2.24, 2.45) is 4.99 Å². The largest absolute Gasteiger partial charge is 0.494 e. The SMILES string of the molecule is CCCCCCCCOc1ccc(C=C2SC(=Nc3ccc(Br)cc3)NC2=O)cc1. The minimum Gasteiger partial charge on any atom is -0.494 e. The molecule has 2 aromatic carbocycles. The van der Waals surface area contributed by atoms with Gasteiger partial charge in [0.25, 0.3) is 5.91 Å². The van der Waals surface area contributed by atoms with E-state index in [9.17, 15) is 4.79 Å². The van der Waals surface area contributed by atoms with Crippen LogP contribution in [0.15, 0.2) is 62.9 Å². The second-order valence-electron chi connectivity index (χ2n) is 7.14. The maximum Gasteiger partial charge on any atom is 0.264 e. The van der Waals surface area contributed by atoms with E-state index in [1.807, 2.05) is 54.6 Å². The van der Waals surface area contributed by atoms with Gasteiger partial charge < -0.3 is 10.1 Å². The van der Waals surface area contributed by atoms with E-state index in [1.165, 1.54) is 43.9 Å². The van der Waals surface area contributed by atoms with Crippen molar-refractivity contribution >= 4 is 50.5 Å². The van der Waals surface area contributed by atoms with E-state index in [1.54, 1.807) is 0 Å². The fourth-order valence-electron chi connectivity index (χ4n) is 3.00. The van der Waals surface area contributed by atoms with Crippen LogP contribution in [0.2, 0.25) is 0 Å². The molecule has 0 atom stereocenters. The van der Waals surface area contributed by atoms with Gasteiger partial charge >= 0.3 is 0 Å².